The lowest BCUT2D eigenvalue weighted by Gasteiger charge is -2.00. The molecule has 0 aliphatic heterocycles. The molecule has 1 rings (SSSR count). The second-order valence-electron chi connectivity index (χ2n) is 3.38. The average Bonchev–Trinajstić information content (AvgIpc) is 2.70. The van der Waals surface area contributed by atoms with Gasteiger partial charge in [0, 0.05) is 6.04 Å². The standard InChI is InChI=1S/C9H14N2O/c1-6(2)5-8(10)9(12)11-7-3-4-7/h5,7,10H,3-4H2,1-2H3,(H,11,12). The van der Waals surface area contributed by atoms with Crippen LogP contribution in [0.5, 0.6) is 0 Å². The molecule has 1 saturated carbocycles. The molecule has 0 aromatic carbocycles. The number of carbonyl (C=O) groups excluding carboxylic acids is 1. The maximum Gasteiger partial charge on any atom is 0.269 e. The van der Waals surface area contributed by atoms with Crippen LogP contribution in [0, 0.1) is 5.41 Å². The van der Waals surface area contributed by atoms with Crippen molar-refractivity contribution in [3.8, 4) is 0 Å². The molecule has 3 heteroatoms. The number of amides is 1. The molecule has 0 unspecified atom stereocenters. The Hall–Kier alpha value is -1.12. The van der Waals surface area contributed by atoms with Gasteiger partial charge in [-0.1, -0.05) is 5.57 Å². The Kier molecular flexibility index (Phi) is 2.63. The van der Waals surface area contributed by atoms with Crippen molar-refractivity contribution in [2.75, 3.05) is 0 Å². The van der Waals surface area contributed by atoms with Crippen LogP contribution in [0.15, 0.2) is 11.6 Å². The molecule has 2 N–H and O–H groups in total. The summed E-state index contributed by atoms with van der Waals surface area (Å²) in [4.78, 5) is 11.1. The Bertz CT molecular complexity index is 235. The highest BCUT2D eigenvalue weighted by atomic mass is 16.1. The molecule has 0 heterocycles. The molecule has 66 valence electrons. The zero-order valence-corrected chi connectivity index (χ0v) is 7.48. The molecule has 0 aromatic rings. The Morgan fingerprint density at radius 1 is 1.50 bits per heavy atom. The van der Waals surface area contributed by atoms with Crippen LogP contribution in [0.4, 0.5) is 0 Å². The van der Waals surface area contributed by atoms with Crippen LogP contribution in [0.2, 0.25) is 0 Å². The van der Waals surface area contributed by atoms with Crippen molar-refractivity contribution in [2.24, 2.45) is 0 Å². The quantitative estimate of drug-likeness (QED) is 0.609. The molecule has 0 bridgehead atoms. The van der Waals surface area contributed by atoms with E-state index in [0.717, 1.165) is 18.4 Å². The molecule has 3 nitrogen and oxygen atoms in total. The van der Waals surface area contributed by atoms with Crippen molar-refractivity contribution in [1.29, 1.82) is 5.41 Å². The zero-order valence-electron chi connectivity index (χ0n) is 7.48. The van der Waals surface area contributed by atoms with Gasteiger partial charge in [-0.25, -0.2) is 0 Å². The van der Waals surface area contributed by atoms with Crippen molar-refractivity contribution >= 4 is 11.6 Å². The summed E-state index contributed by atoms with van der Waals surface area (Å²) in [6.45, 7) is 3.75. The molecule has 0 atom stereocenters. The zero-order chi connectivity index (χ0) is 9.14. The topological polar surface area (TPSA) is 53.0 Å². The Balaban J connectivity index is 2.40. The number of allylic oxidation sites excluding steroid dienone is 1. The van der Waals surface area contributed by atoms with Crippen LogP contribution in [0.25, 0.3) is 0 Å². The summed E-state index contributed by atoms with van der Waals surface area (Å²) in [5.74, 6) is -0.251. The molecule has 1 amide bonds. The van der Waals surface area contributed by atoms with E-state index in [-0.39, 0.29) is 11.6 Å². The van der Waals surface area contributed by atoms with E-state index < -0.39 is 0 Å². The fourth-order valence-electron chi connectivity index (χ4n) is 0.845. The minimum absolute atomic E-state index is 0.0573. The van der Waals surface area contributed by atoms with Gasteiger partial charge in [0.2, 0.25) is 0 Å². The first-order valence-electron chi connectivity index (χ1n) is 4.14. The SMILES string of the molecule is CC(C)=CC(=N)C(=O)NC1CC1. The van der Waals surface area contributed by atoms with Gasteiger partial charge >= 0.3 is 0 Å². The Morgan fingerprint density at radius 3 is 2.50 bits per heavy atom. The number of hydrogen-bond donors (Lipinski definition) is 2. The van der Waals surface area contributed by atoms with Gasteiger partial charge in [-0.15, -0.1) is 0 Å². The summed E-state index contributed by atoms with van der Waals surface area (Å²) in [5.41, 5.74) is 1.04. The van der Waals surface area contributed by atoms with E-state index in [0.29, 0.717) is 6.04 Å². The van der Waals surface area contributed by atoms with Crippen LogP contribution < -0.4 is 5.32 Å². The molecule has 0 radical (unpaired) electrons. The lowest BCUT2D eigenvalue weighted by molar-refractivity contribution is -0.114. The van der Waals surface area contributed by atoms with Gasteiger partial charge in [0.25, 0.3) is 5.91 Å². The fourth-order valence-corrected chi connectivity index (χ4v) is 0.845. The van der Waals surface area contributed by atoms with Gasteiger partial charge in [-0.3, -0.25) is 10.2 Å². The maximum absolute atomic E-state index is 11.1. The second kappa shape index (κ2) is 3.52. The van der Waals surface area contributed by atoms with Crippen LogP contribution in [-0.4, -0.2) is 17.7 Å². The first kappa shape index (κ1) is 8.97. The van der Waals surface area contributed by atoms with Gasteiger partial charge in [0.15, 0.2) is 0 Å². The number of hydrogen-bond acceptors (Lipinski definition) is 2. The van der Waals surface area contributed by atoms with Crippen molar-refractivity contribution < 1.29 is 4.79 Å². The molecule has 0 saturated heterocycles. The van der Waals surface area contributed by atoms with Crippen LogP contribution in [-0.2, 0) is 4.79 Å². The highest BCUT2D eigenvalue weighted by Crippen LogP contribution is 2.18. The van der Waals surface area contributed by atoms with E-state index >= 15 is 0 Å². The molecule has 1 aliphatic rings. The molecular formula is C9H14N2O. The Labute approximate surface area is 72.4 Å². The van der Waals surface area contributed by atoms with E-state index in [9.17, 15) is 4.79 Å². The van der Waals surface area contributed by atoms with Gasteiger partial charge in [0.05, 0.1) is 0 Å². The second-order valence-corrected chi connectivity index (χ2v) is 3.38. The molecule has 1 aliphatic carbocycles. The number of carbonyl (C=O) groups is 1. The summed E-state index contributed by atoms with van der Waals surface area (Å²) in [6.07, 6.45) is 3.71. The number of nitrogens with one attached hydrogen (secondary N) is 2. The predicted molar refractivity (Wildman–Crippen MR) is 48.3 cm³/mol. The molecule has 0 spiro atoms. The van der Waals surface area contributed by atoms with Crippen molar-refractivity contribution in [1.82, 2.24) is 5.32 Å². The summed E-state index contributed by atoms with van der Waals surface area (Å²) in [5, 5.41) is 10.1. The third-order valence-electron chi connectivity index (χ3n) is 1.59. The highest BCUT2D eigenvalue weighted by Gasteiger charge is 2.24. The minimum Gasteiger partial charge on any atom is -0.348 e. The average molecular weight is 166 g/mol. The third-order valence-corrected chi connectivity index (χ3v) is 1.59. The van der Waals surface area contributed by atoms with Crippen molar-refractivity contribution in [3.05, 3.63) is 11.6 Å². The lowest BCUT2D eigenvalue weighted by Crippen LogP contribution is -2.31. The van der Waals surface area contributed by atoms with Crippen molar-refractivity contribution in [2.45, 2.75) is 32.7 Å². The molecule has 1 fully saturated rings. The van der Waals surface area contributed by atoms with E-state index in [2.05, 4.69) is 5.32 Å². The van der Waals surface area contributed by atoms with Gasteiger partial charge < -0.3 is 5.32 Å². The lowest BCUT2D eigenvalue weighted by atomic mass is 10.2. The molecule has 12 heavy (non-hydrogen) atoms. The maximum atomic E-state index is 11.1. The van der Waals surface area contributed by atoms with Crippen LogP contribution in [0.3, 0.4) is 0 Å². The van der Waals surface area contributed by atoms with Gasteiger partial charge in [0.1, 0.15) is 5.71 Å². The minimum atomic E-state index is -0.251. The van der Waals surface area contributed by atoms with Gasteiger partial charge in [-0.05, 0) is 32.8 Å². The molecular weight excluding hydrogens is 152 g/mol. The van der Waals surface area contributed by atoms with Crippen LogP contribution >= 0.6 is 0 Å². The van der Waals surface area contributed by atoms with E-state index in [1.54, 1.807) is 6.08 Å². The van der Waals surface area contributed by atoms with E-state index in [1.807, 2.05) is 13.8 Å². The number of rotatable bonds is 3. The summed E-state index contributed by atoms with van der Waals surface area (Å²) >= 11 is 0. The summed E-state index contributed by atoms with van der Waals surface area (Å²) in [6, 6.07) is 0.336. The summed E-state index contributed by atoms with van der Waals surface area (Å²) < 4.78 is 0. The monoisotopic (exact) mass is 166 g/mol. The van der Waals surface area contributed by atoms with Crippen LogP contribution in [0.1, 0.15) is 26.7 Å². The van der Waals surface area contributed by atoms with E-state index in [1.165, 1.54) is 0 Å². The molecule has 0 aromatic heterocycles. The Morgan fingerprint density at radius 2 is 2.08 bits per heavy atom. The summed E-state index contributed by atoms with van der Waals surface area (Å²) in [7, 11) is 0. The normalized spacial score (nSPS) is 15.2. The fraction of sp³-hybridized carbons (Fsp3) is 0.556. The van der Waals surface area contributed by atoms with Gasteiger partial charge in [-0.2, -0.15) is 0 Å². The smallest absolute Gasteiger partial charge is 0.269 e. The first-order chi connectivity index (χ1) is 5.59. The first-order valence-corrected chi connectivity index (χ1v) is 4.14. The van der Waals surface area contributed by atoms with E-state index in [4.69, 9.17) is 5.41 Å². The third kappa shape index (κ3) is 2.86. The van der Waals surface area contributed by atoms with Crippen molar-refractivity contribution in [3.63, 3.8) is 0 Å². The largest absolute Gasteiger partial charge is 0.348 e. The predicted octanol–water partition coefficient (Wildman–Crippen LogP) is 1.25. The highest BCUT2D eigenvalue weighted by molar-refractivity contribution is 6.42.